The monoisotopic (exact) mass is 368 g/mol. The zero-order valence-electron chi connectivity index (χ0n) is 11.8. The SMILES string of the molecule is O=S(=O)(NC[C@H](O)CN1CCOCC1)c1cc(Cl)ccc1Cl. The number of hydrogen-bond acceptors (Lipinski definition) is 5. The van der Waals surface area contributed by atoms with Crippen LogP contribution in [0.3, 0.4) is 0 Å². The van der Waals surface area contributed by atoms with E-state index in [2.05, 4.69) is 4.72 Å². The van der Waals surface area contributed by atoms with Crippen molar-refractivity contribution in [2.45, 2.75) is 11.0 Å². The van der Waals surface area contributed by atoms with Gasteiger partial charge < -0.3 is 9.84 Å². The second-order valence-electron chi connectivity index (χ2n) is 4.99. The Morgan fingerprint density at radius 3 is 2.68 bits per heavy atom. The minimum absolute atomic E-state index is 0.0829. The lowest BCUT2D eigenvalue weighted by atomic mass is 10.3. The van der Waals surface area contributed by atoms with Crippen LogP contribution in [0.4, 0.5) is 0 Å². The number of rotatable bonds is 6. The molecule has 1 heterocycles. The molecule has 0 unspecified atom stereocenters. The number of morpholine rings is 1. The number of halogens is 2. The summed E-state index contributed by atoms with van der Waals surface area (Å²) < 4.78 is 32.0. The number of aliphatic hydroxyl groups excluding tert-OH is 1. The predicted octanol–water partition coefficient (Wildman–Crippen LogP) is 0.965. The molecule has 0 radical (unpaired) electrons. The molecule has 9 heteroatoms. The standard InChI is InChI=1S/C13H18Cl2N2O4S/c14-10-1-2-12(15)13(7-10)22(19,20)16-8-11(18)9-17-3-5-21-6-4-17/h1-2,7,11,16,18H,3-6,8-9H2/t11-/m0/s1. The summed E-state index contributed by atoms with van der Waals surface area (Å²) in [4.78, 5) is 1.93. The fourth-order valence-electron chi connectivity index (χ4n) is 2.11. The van der Waals surface area contributed by atoms with Gasteiger partial charge in [-0.1, -0.05) is 23.2 Å². The fraction of sp³-hybridized carbons (Fsp3) is 0.538. The van der Waals surface area contributed by atoms with Gasteiger partial charge >= 0.3 is 0 Å². The molecule has 1 saturated heterocycles. The summed E-state index contributed by atoms with van der Waals surface area (Å²) in [6.45, 7) is 2.98. The zero-order chi connectivity index (χ0) is 16.2. The molecule has 0 saturated carbocycles. The van der Waals surface area contributed by atoms with E-state index in [-0.39, 0.29) is 21.5 Å². The number of nitrogens with one attached hydrogen (secondary N) is 1. The average molecular weight is 369 g/mol. The highest BCUT2D eigenvalue weighted by Gasteiger charge is 2.21. The van der Waals surface area contributed by atoms with Crippen LogP contribution in [0.1, 0.15) is 0 Å². The maximum absolute atomic E-state index is 12.2. The Balaban J connectivity index is 1.92. The molecular weight excluding hydrogens is 351 g/mol. The highest BCUT2D eigenvalue weighted by Crippen LogP contribution is 2.24. The number of ether oxygens (including phenoxy) is 1. The van der Waals surface area contributed by atoms with Crippen molar-refractivity contribution in [2.75, 3.05) is 39.4 Å². The van der Waals surface area contributed by atoms with Gasteiger partial charge in [-0.25, -0.2) is 13.1 Å². The Morgan fingerprint density at radius 1 is 1.32 bits per heavy atom. The summed E-state index contributed by atoms with van der Waals surface area (Å²) in [5.74, 6) is 0. The lowest BCUT2D eigenvalue weighted by Crippen LogP contribution is -2.44. The minimum Gasteiger partial charge on any atom is -0.390 e. The molecular formula is C13H18Cl2N2O4S. The van der Waals surface area contributed by atoms with E-state index in [9.17, 15) is 13.5 Å². The van der Waals surface area contributed by atoms with E-state index in [1.807, 2.05) is 4.90 Å². The third-order valence-electron chi connectivity index (χ3n) is 3.26. The van der Waals surface area contributed by atoms with Crippen LogP contribution in [0, 0.1) is 0 Å². The first-order chi connectivity index (χ1) is 10.4. The van der Waals surface area contributed by atoms with Crippen LogP contribution in [0.15, 0.2) is 23.1 Å². The third-order valence-corrected chi connectivity index (χ3v) is 5.40. The summed E-state index contributed by atoms with van der Waals surface area (Å²) in [5, 5.41) is 10.3. The molecule has 22 heavy (non-hydrogen) atoms. The third kappa shape index (κ3) is 5.06. The largest absolute Gasteiger partial charge is 0.390 e. The molecule has 1 atom stereocenters. The highest BCUT2D eigenvalue weighted by molar-refractivity contribution is 7.89. The van der Waals surface area contributed by atoms with Gasteiger partial charge in [-0.2, -0.15) is 0 Å². The first-order valence-electron chi connectivity index (χ1n) is 6.81. The number of nitrogens with zero attached hydrogens (tertiary/aromatic N) is 1. The van der Waals surface area contributed by atoms with Crippen molar-refractivity contribution in [3.63, 3.8) is 0 Å². The number of hydrogen-bond donors (Lipinski definition) is 2. The zero-order valence-corrected chi connectivity index (χ0v) is 14.2. The predicted molar refractivity (Wildman–Crippen MR) is 84.9 cm³/mol. The molecule has 2 rings (SSSR count). The van der Waals surface area contributed by atoms with Crippen LogP contribution in [0.25, 0.3) is 0 Å². The second-order valence-corrected chi connectivity index (χ2v) is 7.57. The van der Waals surface area contributed by atoms with Gasteiger partial charge in [0.2, 0.25) is 10.0 Å². The summed E-state index contributed by atoms with van der Waals surface area (Å²) in [6.07, 6.45) is -0.814. The van der Waals surface area contributed by atoms with Crippen molar-refractivity contribution in [1.29, 1.82) is 0 Å². The Bertz CT molecular complexity index is 606. The Kier molecular flexibility index (Phi) is 6.46. The van der Waals surface area contributed by atoms with Crippen molar-refractivity contribution in [3.8, 4) is 0 Å². The van der Waals surface area contributed by atoms with Gasteiger partial charge in [-0.05, 0) is 18.2 Å². The first-order valence-corrected chi connectivity index (χ1v) is 9.05. The molecule has 2 N–H and O–H groups in total. The van der Waals surface area contributed by atoms with E-state index in [4.69, 9.17) is 27.9 Å². The van der Waals surface area contributed by atoms with E-state index in [0.29, 0.717) is 19.8 Å². The van der Waals surface area contributed by atoms with Crippen molar-refractivity contribution in [2.24, 2.45) is 0 Å². The Labute approximate surface area is 140 Å². The number of β-amino-alcohol motifs (C(OH)–C–C–N with tert-alkyl or cyclic N) is 1. The van der Waals surface area contributed by atoms with Crippen molar-refractivity contribution in [1.82, 2.24) is 9.62 Å². The van der Waals surface area contributed by atoms with Gasteiger partial charge in [0.15, 0.2) is 0 Å². The molecule has 0 aromatic heterocycles. The highest BCUT2D eigenvalue weighted by atomic mass is 35.5. The maximum Gasteiger partial charge on any atom is 0.242 e. The molecule has 1 aromatic rings. The summed E-state index contributed by atoms with van der Waals surface area (Å²) in [7, 11) is -3.82. The van der Waals surface area contributed by atoms with E-state index < -0.39 is 16.1 Å². The summed E-state index contributed by atoms with van der Waals surface area (Å²) in [5.41, 5.74) is 0. The van der Waals surface area contributed by atoms with Crippen LogP contribution in [0.5, 0.6) is 0 Å². The van der Waals surface area contributed by atoms with E-state index in [1.165, 1.54) is 18.2 Å². The van der Waals surface area contributed by atoms with E-state index in [0.717, 1.165) is 13.1 Å². The lowest BCUT2D eigenvalue weighted by molar-refractivity contribution is 0.0158. The van der Waals surface area contributed by atoms with E-state index >= 15 is 0 Å². The van der Waals surface area contributed by atoms with Crippen LogP contribution < -0.4 is 4.72 Å². The Morgan fingerprint density at radius 2 is 2.00 bits per heavy atom. The molecule has 1 aliphatic rings. The molecule has 0 aliphatic carbocycles. The van der Waals surface area contributed by atoms with Gasteiger partial charge in [0.25, 0.3) is 0 Å². The molecule has 0 bridgehead atoms. The van der Waals surface area contributed by atoms with Crippen molar-refractivity contribution >= 4 is 33.2 Å². The molecule has 1 fully saturated rings. The van der Waals surface area contributed by atoms with Crippen molar-refractivity contribution < 1.29 is 18.3 Å². The quantitative estimate of drug-likeness (QED) is 0.781. The van der Waals surface area contributed by atoms with Gasteiger partial charge in [0, 0.05) is 31.2 Å². The molecule has 1 aliphatic heterocycles. The normalized spacial score (nSPS) is 18.3. The molecule has 0 spiro atoms. The summed E-state index contributed by atoms with van der Waals surface area (Å²) >= 11 is 11.7. The number of aliphatic hydroxyl groups is 1. The van der Waals surface area contributed by atoms with Gasteiger partial charge in [-0.3, -0.25) is 4.90 Å². The van der Waals surface area contributed by atoms with Crippen LogP contribution in [-0.2, 0) is 14.8 Å². The van der Waals surface area contributed by atoms with E-state index in [1.54, 1.807) is 0 Å². The molecule has 0 amide bonds. The molecule has 6 nitrogen and oxygen atoms in total. The molecule has 1 aromatic carbocycles. The maximum atomic E-state index is 12.2. The minimum atomic E-state index is -3.82. The lowest BCUT2D eigenvalue weighted by Gasteiger charge is -2.28. The number of sulfonamides is 1. The summed E-state index contributed by atoms with van der Waals surface area (Å²) in [6, 6.07) is 4.21. The van der Waals surface area contributed by atoms with Gasteiger partial charge in [0.05, 0.1) is 24.3 Å². The smallest absolute Gasteiger partial charge is 0.242 e. The topological polar surface area (TPSA) is 78.9 Å². The van der Waals surface area contributed by atoms with Crippen LogP contribution in [0.2, 0.25) is 10.0 Å². The van der Waals surface area contributed by atoms with Gasteiger partial charge in [0.1, 0.15) is 4.90 Å². The number of benzene rings is 1. The first kappa shape index (κ1) is 17.9. The van der Waals surface area contributed by atoms with Crippen LogP contribution >= 0.6 is 23.2 Å². The Hall–Kier alpha value is -0.410. The second kappa shape index (κ2) is 7.92. The fourth-order valence-corrected chi connectivity index (χ4v) is 3.95. The average Bonchev–Trinajstić information content (AvgIpc) is 2.49. The van der Waals surface area contributed by atoms with Crippen LogP contribution in [-0.4, -0.2) is 63.9 Å². The van der Waals surface area contributed by atoms with Crippen molar-refractivity contribution in [3.05, 3.63) is 28.2 Å². The molecule has 124 valence electrons. The van der Waals surface area contributed by atoms with Gasteiger partial charge in [-0.15, -0.1) is 0 Å².